The zero-order chi connectivity index (χ0) is 23.4. The van der Waals surface area contributed by atoms with Gasteiger partial charge in [-0.1, -0.05) is 6.07 Å². The molecule has 32 heavy (non-hydrogen) atoms. The molecule has 0 radical (unpaired) electrons. The molecule has 0 amide bonds. The van der Waals surface area contributed by atoms with Crippen LogP contribution < -0.4 is 29.9 Å². The molecule has 10 heteroatoms. The van der Waals surface area contributed by atoms with Crippen molar-refractivity contribution < 1.29 is 49.1 Å². The van der Waals surface area contributed by atoms with Gasteiger partial charge in [-0.2, -0.15) is 0 Å². The number of carbonyl (C=O) groups is 4. The smallest absolute Gasteiger partial charge is 0.131 e. The first-order chi connectivity index (χ1) is 15.2. The van der Waals surface area contributed by atoms with Crippen molar-refractivity contribution in [3.05, 3.63) is 82.9 Å². The molecule has 0 unspecified atom stereocenters. The lowest BCUT2D eigenvalue weighted by molar-refractivity contribution is -0.259. The van der Waals surface area contributed by atoms with Crippen LogP contribution in [0.3, 0.4) is 0 Å². The summed E-state index contributed by atoms with van der Waals surface area (Å²) >= 11 is 0. The van der Waals surface area contributed by atoms with E-state index in [4.69, 9.17) is 9.47 Å². The molecule has 3 rings (SSSR count). The minimum absolute atomic E-state index is 0.0103. The van der Waals surface area contributed by atoms with Crippen LogP contribution in [0, 0.1) is 0 Å². The van der Waals surface area contributed by atoms with E-state index in [9.17, 15) is 39.6 Å². The number of carbonyl (C=O) groups excluding carboxylic acids is 4. The average Bonchev–Trinajstić information content (AvgIpc) is 2.73. The molecule has 0 atom stereocenters. The number of benzene rings is 3. The second kappa shape index (κ2) is 8.88. The van der Waals surface area contributed by atoms with Gasteiger partial charge < -0.3 is 49.1 Å². The molecular formula is C22H10O10-4. The van der Waals surface area contributed by atoms with E-state index in [2.05, 4.69) is 0 Å². The number of ether oxygens (including phenoxy) is 2. The van der Waals surface area contributed by atoms with Crippen LogP contribution in [0.2, 0.25) is 0 Å². The summed E-state index contributed by atoms with van der Waals surface area (Å²) in [5.74, 6) is -6.52. The molecule has 0 heterocycles. The number of aromatic carboxylic acids is 4. The van der Waals surface area contributed by atoms with Crippen molar-refractivity contribution in [2.24, 2.45) is 0 Å². The van der Waals surface area contributed by atoms with Crippen molar-refractivity contribution in [3.8, 4) is 23.0 Å². The van der Waals surface area contributed by atoms with Crippen LogP contribution in [0.4, 0.5) is 0 Å². The molecule has 0 fully saturated rings. The maximum atomic E-state index is 11.2. The van der Waals surface area contributed by atoms with Gasteiger partial charge in [0.1, 0.15) is 23.0 Å². The summed E-state index contributed by atoms with van der Waals surface area (Å²) in [6.07, 6.45) is 0. The lowest BCUT2D eigenvalue weighted by Crippen LogP contribution is -2.30. The predicted molar refractivity (Wildman–Crippen MR) is 96.8 cm³/mol. The molecule has 3 aromatic carbocycles. The summed E-state index contributed by atoms with van der Waals surface area (Å²) in [5, 5.41) is 44.3. The Balaban J connectivity index is 1.85. The van der Waals surface area contributed by atoms with Gasteiger partial charge >= 0.3 is 0 Å². The van der Waals surface area contributed by atoms with Crippen LogP contribution in [0.25, 0.3) is 0 Å². The van der Waals surface area contributed by atoms with E-state index < -0.39 is 46.1 Å². The summed E-state index contributed by atoms with van der Waals surface area (Å²) < 4.78 is 11.0. The predicted octanol–water partition coefficient (Wildman–Crippen LogP) is -1.27. The minimum atomic E-state index is -1.73. The molecule has 0 saturated heterocycles. The second-order valence-corrected chi connectivity index (χ2v) is 6.24. The van der Waals surface area contributed by atoms with Gasteiger partial charge in [-0.05, 0) is 48.5 Å². The van der Waals surface area contributed by atoms with Crippen molar-refractivity contribution in [2.45, 2.75) is 0 Å². The van der Waals surface area contributed by atoms with Crippen LogP contribution in [0.5, 0.6) is 23.0 Å². The molecule has 0 aliphatic heterocycles. The minimum Gasteiger partial charge on any atom is -0.545 e. The van der Waals surface area contributed by atoms with E-state index in [1.807, 2.05) is 0 Å². The number of hydrogen-bond donors (Lipinski definition) is 0. The molecule has 0 N–H and O–H groups in total. The number of rotatable bonds is 8. The molecule has 0 aliphatic rings. The van der Waals surface area contributed by atoms with Gasteiger partial charge in [-0.3, -0.25) is 0 Å². The summed E-state index contributed by atoms with van der Waals surface area (Å²) in [6.45, 7) is 0. The van der Waals surface area contributed by atoms with Gasteiger partial charge in [0, 0.05) is 28.3 Å². The highest BCUT2D eigenvalue weighted by atomic mass is 16.5. The lowest BCUT2D eigenvalue weighted by Gasteiger charge is -2.15. The van der Waals surface area contributed by atoms with Crippen molar-refractivity contribution in [2.75, 3.05) is 0 Å². The van der Waals surface area contributed by atoms with E-state index in [1.54, 1.807) is 0 Å². The Bertz CT molecular complexity index is 1150. The third kappa shape index (κ3) is 4.82. The van der Waals surface area contributed by atoms with Gasteiger partial charge in [0.25, 0.3) is 0 Å². The maximum absolute atomic E-state index is 11.2. The van der Waals surface area contributed by atoms with Crippen molar-refractivity contribution in [1.29, 1.82) is 0 Å². The van der Waals surface area contributed by atoms with E-state index in [0.717, 1.165) is 24.3 Å². The topological polar surface area (TPSA) is 179 Å². The van der Waals surface area contributed by atoms with Crippen LogP contribution in [-0.4, -0.2) is 23.9 Å². The van der Waals surface area contributed by atoms with Crippen molar-refractivity contribution in [3.63, 3.8) is 0 Å². The molecule has 162 valence electrons. The molecule has 3 aromatic rings. The summed E-state index contributed by atoms with van der Waals surface area (Å²) in [5.41, 5.74) is -2.40. The average molecular weight is 434 g/mol. The standard InChI is InChI=1S/C22H14O10/c23-19(24)15-6-4-13(9-17(15)21(27)28)31-11-2-1-3-12(8-11)32-14-5-7-16(20(25)26)18(10-14)22(29)30/h1-10H,(H,23,24)(H,25,26)(H,27,28)(H,29,30)/p-4. The van der Waals surface area contributed by atoms with Crippen LogP contribution in [0.15, 0.2) is 60.7 Å². The molecule has 0 aliphatic carbocycles. The first kappa shape index (κ1) is 21.8. The van der Waals surface area contributed by atoms with Gasteiger partial charge in [0.05, 0.1) is 23.9 Å². The summed E-state index contributed by atoms with van der Waals surface area (Å²) in [7, 11) is 0. The Labute approximate surface area is 179 Å². The Kier molecular flexibility index (Phi) is 6.06. The van der Waals surface area contributed by atoms with Gasteiger partial charge in [0.2, 0.25) is 0 Å². The molecule has 0 aromatic heterocycles. The van der Waals surface area contributed by atoms with Crippen molar-refractivity contribution in [1.82, 2.24) is 0 Å². The molecule has 10 nitrogen and oxygen atoms in total. The summed E-state index contributed by atoms with van der Waals surface area (Å²) in [6, 6.07) is 12.2. The van der Waals surface area contributed by atoms with Gasteiger partial charge in [-0.25, -0.2) is 0 Å². The monoisotopic (exact) mass is 434 g/mol. The number of carboxylic acid groups (broad SMARTS) is 4. The lowest BCUT2D eigenvalue weighted by atomic mass is 10.1. The Morgan fingerprint density at radius 2 is 0.812 bits per heavy atom. The van der Waals surface area contributed by atoms with Crippen molar-refractivity contribution >= 4 is 23.9 Å². The third-order valence-electron chi connectivity index (χ3n) is 4.14. The molecule has 0 spiro atoms. The first-order valence-corrected chi connectivity index (χ1v) is 8.75. The highest BCUT2D eigenvalue weighted by Gasteiger charge is 2.10. The number of hydrogen-bond acceptors (Lipinski definition) is 10. The summed E-state index contributed by atoms with van der Waals surface area (Å²) in [4.78, 5) is 44.3. The first-order valence-electron chi connectivity index (χ1n) is 8.75. The third-order valence-corrected chi connectivity index (χ3v) is 4.14. The van der Waals surface area contributed by atoms with E-state index in [0.29, 0.717) is 0 Å². The Morgan fingerprint density at radius 3 is 1.16 bits per heavy atom. The van der Waals surface area contributed by atoms with E-state index in [-0.39, 0.29) is 23.0 Å². The largest absolute Gasteiger partial charge is 0.545 e. The van der Waals surface area contributed by atoms with Crippen LogP contribution in [-0.2, 0) is 0 Å². The molecular weight excluding hydrogens is 424 g/mol. The zero-order valence-corrected chi connectivity index (χ0v) is 15.9. The maximum Gasteiger partial charge on any atom is 0.131 e. The highest BCUT2D eigenvalue weighted by molar-refractivity contribution is 6.01. The number of carboxylic acids is 4. The Morgan fingerprint density at radius 1 is 0.469 bits per heavy atom. The molecule has 0 bridgehead atoms. The molecule has 0 saturated carbocycles. The fourth-order valence-electron chi connectivity index (χ4n) is 2.74. The fourth-order valence-corrected chi connectivity index (χ4v) is 2.74. The quantitative estimate of drug-likeness (QED) is 0.415. The highest BCUT2D eigenvalue weighted by Crippen LogP contribution is 2.30. The SMILES string of the molecule is O=C([O-])c1ccc(Oc2cccc(Oc3ccc(C(=O)[O-])c(C(=O)[O-])c3)c2)cc1C(=O)[O-]. The van der Waals surface area contributed by atoms with Gasteiger partial charge in [0.15, 0.2) is 0 Å². The second-order valence-electron chi connectivity index (χ2n) is 6.24. The normalized spacial score (nSPS) is 10.2. The van der Waals surface area contributed by atoms with E-state index in [1.165, 1.54) is 36.4 Å². The zero-order valence-electron chi connectivity index (χ0n) is 15.9. The fraction of sp³-hybridized carbons (Fsp3) is 0. The van der Waals surface area contributed by atoms with Gasteiger partial charge in [-0.15, -0.1) is 0 Å². The van der Waals surface area contributed by atoms with Crippen LogP contribution >= 0.6 is 0 Å². The Hall–Kier alpha value is -4.86. The van der Waals surface area contributed by atoms with E-state index >= 15 is 0 Å². The van der Waals surface area contributed by atoms with Crippen LogP contribution in [0.1, 0.15) is 41.4 Å².